The minimum absolute atomic E-state index is 0.168. The van der Waals surface area contributed by atoms with Gasteiger partial charge < -0.3 is 5.73 Å². The number of nitrogens with two attached hydrogens (primary N) is 1. The lowest BCUT2D eigenvalue weighted by Gasteiger charge is -2.14. The molecule has 0 aliphatic carbocycles. The van der Waals surface area contributed by atoms with Crippen molar-refractivity contribution < 1.29 is 8.78 Å². The molecule has 0 amide bonds. The van der Waals surface area contributed by atoms with Crippen molar-refractivity contribution >= 4 is 11.8 Å². The Balaban J connectivity index is 2.74. The van der Waals surface area contributed by atoms with Crippen LogP contribution in [0.1, 0.15) is 6.92 Å². The number of hydrogen-bond acceptors (Lipinski definition) is 3. The predicted molar refractivity (Wildman–Crippen MR) is 55.3 cm³/mol. The van der Waals surface area contributed by atoms with E-state index in [1.54, 1.807) is 0 Å². The average Bonchev–Trinajstić information content (AvgIpc) is 2.20. The molecule has 0 saturated carbocycles. The molecule has 0 spiro atoms. The summed E-state index contributed by atoms with van der Waals surface area (Å²) in [4.78, 5) is 0.168. The first kappa shape index (κ1) is 12.0. The van der Waals surface area contributed by atoms with Crippen molar-refractivity contribution in [2.75, 3.05) is 5.75 Å². The lowest BCUT2D eigenvalue weighted by molar-refractivity contribution is 0.576. The van der Waals surface area contributed by atoms with Gasteiger partial charge in [0.1, 0.15) is 17.2 Å². The van der Waals surface area contributed by atoms with E-state index < -0.39 is 17.2 Å². The summed E-state index contributed by atoms with van der Waals surface area (Å²) < 4.78 is 25.9. The highest BCUT2D eigenvalue weighted by Crippen LogP contribution is 2.25. The van der Waals surface area contributed by atoms with E-state index >= 15 is 0 Å². The largest absolute Gasteiger partial charge is 0.313 e. The van der Waals surface area contributed by atoms with Gasteiger partial charge in [-0.1, -0.05) is 0 Å². The Morgan fingerprint density at radius 3 is 2.80 bits per heavy atom. The molecule has 80 valence electrons. The van der Waals surface area contributed by atoms with Crippen LogP contribution >= 0.6 is 11.8 Å². The van der Waals surface area contributed by atoms with Crippen LogP contribution in [0, 0.1) is 23.0 Å². The van der Waals surface area contributed by atoms with Crippen molar-refractivity contribution in [1.82, 2.24) is 0 Å². The maximum Gasteiger partial charge on any atom is 0.136 e. The fourth-order valence-electron chi connectivity index (χ4n) is 0.848. The van der Waals surface area contributed by atoms with Gasteiger partial charge in [0.25, 0.3) is 0 Å². The maximum atomic E-state index is 13.1. The standard InChI is InChI=1S/C10H10F2N2S/c1-10(14,5-13)6-15-9-4-7(11)2-3-8(9)12/h2-4H,6,14H2,1H3. The lowest BCUT2D eigenvalue weighted by Crippen LogP contribution is -2.36. The van der Waals surface area contributed by atoms with E-state index in [2.05, 4.69) is 0 Å². The van der Waals surface area contributed by atoms with Crippen LogP contribution in [0.2, 0.25) is 0 Å². The van der Waals surface area contributed by atoms with Crippen LogP contribution in [0.5, 0.6) is 0 Å². The highest BCUT2D eigenvalue weighted by atomic mass is 32.2. The fourth-order valence-corrected chi connectivity index (χ4v) is 1.77. The Labute approximate surface area is 91.1 Å². The molecule has 0 aliphatic rings. The number of hydrogen-bond donors (Lipinski definition) is 1. The van der Waals surface area contributed by atoms with Gasteiger partial charge in [0.05, 0.1) is 6.07 Å². The second kappa shape index (κ2) is 4.60. The summed E-state index contributed by atoms with van der Waals surface area (Å²) in [5.74, 6) is -0.797. The summed E-state index contributed by atoms with van der Waals surface area (Å²) in [6, 6.07) is 5.08. The second-order valence-corrected chi connectivity index (χ2v) is 4.41. The summed E-state index contributed by atoms with van der Waals surface area (Å²) in [7, 11) is 0. The minimum atomic E-state index is -1.04. The predicted octanol–water partition coefficient (Wildman–Crippen LogP) is 2.30. The van der Waals surface area contributed by atoms with Crippen molar-refractivity contribution in [3.05, 3.63) is 29.8 Å². The van der Waals surface area contributed by atoms with Crippen molar-refractivity contribution in [3.8, 4) is 6.07 Å². The number of nitriles is 1. The third kappa shape index (κ3) is 3.50. The fraction of sp³-hybridized carbons (Fsp3) is 0.300. The molecule has 1 aromatic rings. The molecule has 1 aromatic carbocycles. The molecule has 0 bridgehead atoms. The third-order valence-corrected chi connectivity index (χ3v) is 3.04. The van der Waals surface area contributed by atoms with Crippen molar-refractivity contribution in [1.29, 1.82) is 5.26 Å². The van der Waals surface area contributed by atoms with E-state index in [1.807, 2.05) is 6.07 Å². The lowest BCUT2D eigenvalue weighted by atomic mass is 10.1. The molecule has 1 rings (SSSR count). The Kier molecular flexibility index (Phi) is 3.66. The molecule has 15 heavy (non-hydrogen) atoms. The number of thioether (sulfide) groups is 1. The van der Waals surface area contributed by atoms with Gasteiger partial charge in [-0.2, -0.15) is 5.26 Å². The van der Waals surface area contributed by atoms with Crippen LogP contribution < -0.4 is 5.73 Å². The van der Waals surface area contributed by atoms with E-state index in [0.717, 1.165) is 30.0 Å². The van der Waals surface area contributed by atoms with Crippen LogP contribution in [0.25, 0.3) is 0 Å². The molecule has 0 radical (unpaired) electrons. The highest BCUT2D eigenvalue weighted by molar-refractivity contribution is 7.99. The molecular weight excluding hydrogens is 218 g/mol. The molecule has 2 N–H and O–H groups in total. The van der Waals surface area contributed by atoms with Gasteiger partial charge in [0, 0.05) is 10.6 Å². The van der Waals surface area contributed by atoms with E-state index in [1.165, 1.54) is 6.92 Å². The molecule has 0 fully saturated rings. The summed E-state index contributed by atoms with van der Waals surface area (Å²) in [6.45, 7) is 1.54. The van der Waals surface area contributed by atoms with Crippen LogP contribution in [0.3, 0.4) is 0 Å². The van der Waals surface area contributed by atoms with Crippen LogP contribution in [0.4, 0.5) is 8.78 Å². The molecule has 0 aromatic heterocycles. The van der Waals surface area contributed by atoms with Gasteiger partial charge in [-0.3, -0.25) is 0 Å². The zero-order valence-electron chi connectivity index (χ0n) is 8.13. The Bertz CT molecular complexity index is 399. The number of halogens is 2. The number of rotatable bonds is 3. The van der Waals surface area contributed by atoms with Gasteiger partial charge >= 0.3 is 0 Å². The highest BCUT2D eigenvalue weighted by Gasteiger charge is 2.18. The van der Waals surface area contributed by atoms with E-state index in [4.69, 9.17) is 11.0 Å². The average molecular weight is 228 g/mol. The molecule has 2 nitrogen and oxygen atoms in total. The smallest absolute Gasteiger partial charge is 0.136 e. The summed E-state index contributed by atoms with van der Waals surface area (Å²) in [5, 5.41) is 8.64. The molecule has 1 unspecified atom stereocenters. The van der Waals surface area contributed by atoms with Gasteiger partial charge in [-0.25, -0.2) is 8.78 Å². The zero-order valence-corrected chi connectivity index (χ0v) is 8.94. The van der Waals surface area contributed by atoms with Crippen molar-refractivity contribution in [3.63, 3.8) is 0 Å². The Morgan fingerprint density at radius 1 is 1.53 bits per heavy atom. The van der Waals surface area contributed by atoms with Crippen LogP contribution in [0.15, 0.2) is 23.1 Å². The monoisotopic (exact) mass is 228 g/mol. The summed E-state index contributed by atoms with van der Waals surface area (Å²) in [6.07, 6.45) is 0. The third-order valence-electron chi connectivity index (χ3n) is 1.68. The normalized spacial score (nSPS) is 14.3. The SMILES string of the molecule is CC(N)(C#N)CSc1cc(F)ccc1F. The van der Waals surface area contributed by atoms with E-state index in [9.17, 15) is 8.78 Å². The van der Waals surface area contributed by atoms with E-state index in [-0.39, 0.29) is 10.6 Å². The Hall–Kier alpha value is -1.12. The van der Waals surface area contributed by atoms with Crippen molar-refractivity contribution in [2.45, 2.75) is 17.4 Å². The first-order valence-electron chi connectivity index (χ1n) is 4.22. The molecule has 1 atom stereocenters. The van der Waals surface area contributed by atoms with Gasteiger partial charge in [0.2, 0.25) is 0 Å². The van der Waals surface area contributed by atoms with Crippen LogP contribution in [-0.4, -0.2) is 11.3 Å². The quantitative estimate of drug-likeness (QED) is 0.807. The molecule has 5 heteroatoms. The van der Waals surface area contributed by atoms with Gasteiger partial charge in [-0.15, -0.1) is 11.8 Å². The topological polar surface area (TPSA) is 49.8 Å². The first-order valence-corrected chi connectivity index (χ1v) is 5.21. The van der Waals surface area contributed by atoms with Gasteiger partial charge in [-0.05, 0) is 25.1 Å². The minimum Gasteiger partial charge on any atom is -0.313 e. The second-order valence-electron chi connectivity index (χ2n) is 3.39. The number of benzene rings is 1. The Morgan fingerprint density at radius 2 is 2.20 bits per heavy atom. The zero-order chi connectivity index (χ0) is 11.5. The maximum absolute atomic E-state index is 13.1. The summed E-state index contributed by atoms with van der Waals surface area (Å²) in [5.41, 5.74) is 4.52. The first-order chi connectivity index (χ1) is 6.94. The molecular formula is C10H10F2N2S. The van der Waals surface area contributed by atoms with Crippen LogP contribution in [-0.2, 0) is 0 Å². The summed E-state index contributed by atoms with van der Waals surface area (Å²) >= 11 is 1.03. The van der Waals surface area contributed by atoms with Gasteiger partial charge in [0.15, 0.2) is 0 Å². The molecule has 0 aliphatic heterocycles. The molecule has 0 saturated heterocycles. The van der Waals surface area contributed by atoms with Crippen molar-refractivity contribution in [2.24, 2.45) is 5.73 Å². The molecule has 0 heterocycles. The number of nitrogens with zero attached hydrogens (tertiary/aromatic N) is 1. The van der Waals surface area contributed by atoms with E-state index in [0.29, 0.717) is 0 Å².